The van der Waals surface area contributed by atoms with Crippen LogP contribution in [0.15, 0.2) is 29.2 Å². The van der Waals surface area contributed by atoms with Gasteiger partial charge in [-0.2, -0.15) is 4.31 Å². The maximum Gasteiger partial charge on any atom is 0.243 e. The van der Waals surface area contributed by atoms with E-state index in [4.69, 9.17) is 0 Å². The van der Waals surface area contributed by atoms with Crippen molar-refractivity contribution in [2.75, 3.05) is 14.1 Å². The van der Waals surface area contributed by atoms with Gasteiger partial charge in [-0.05, 0) is 45.0 Å². The maximum absolute atomic E-state index is 12.4. The van der Waals surface area contributed by atoms with Crippen LogP contribution >= 0.6 is 0 Å². The minimum Gasteiger partial charge on any atom is -0.313 e. The smallest absolute Gasteiger partial charge is 0.243 e. The molecule has 19 heavy (non-hydrogen) atoms. The lowest BCUT2D eigenvalue weighted by atomic mass is 10.1. The fraction of sp³-hybridized carbons (Fsp3) is 0.571. The van der Waals surface area contributed by atoms with Crippen LogP contribution in [0, 0.1) is 0 Å². The SMILES string of the molecule is CCC(C)N(C)S(=O)(=O)c1ccc(C(C)NC)cc1. The summed E-state index contributed by atoms with van der Waals surface area (Å²) < 4.78 is 26.2. The van der Waals surface area contributed by atoms with Gasteiger partial charge in [-0.25, -0.2) is 8.42 Å². The summed E-state index contributed by atoms with van der Waals surface area (Å²) in [6.07, 6.45) is 0.796. The molecule has 0 aromatic heterocycles. The Labute approximate surface area is 116 Å². The van der Waals surface area contributed by atoms with Crippen LogP contribution in [0.2, 0.25) is 0 Å². The quantitative estimate of drug-likeness (QED) is 0.872. The number of nitrogens with zero attached hydrogens (tertiary/aromatic N) is 1. The van der Waals surface area contributed by atoms with Gasteiger partial charge in [0.15, 0.2) is 0 Å². The van der Waals surface area contributed by atoms with Crippen LogP contribution in [-0.4, -0.2) is 32.9 Å². The van der Waals surface area contributed by atoms with Gasteiger partial charge in [-0.1, -0.05) is 19.1 Å². The summed E-state index contributed by atoms with van der Waals surface area (Å²) in [5.41, 5.74) is 1.08. The van der Waals surface area contributed by atoms with E-state index in [1.54, 1.807) is 19.2 Å². The molecule has 1 aromatic carbocycles. The molecule has 0 heterocycles. The molecule has 0 saturated heterocycles. The molecule has 5 heteroatoms. The summed E-state index contributed by atoms with van der Waals surface area (Å²) in [6.45, 7) is 5.93. The van der Waals surface area contributed by atoms with Crippen molar-refractivity contribution in [3.8, 4) is 0 Å². The Morgan fingerprint density at radius 1 is 1.21 bits per heavy atom. The lowest BCUT2D eigenvalue weighted by molar-refractivity contribution is 0.380. The number of rotatable bonds is 6. The van der Waals surface area contributed by atoms with Gasteiger partial charge in [-0.15, -0.1) is 0 Å². The Morgan fingerprint density at radius 3 is 2.16 bits per heavy atom. The molecule has 2 unspecified atom stereocenters. The highest BCUT2D eigenvalue weighted by Gasteiger charge is 2.24. The van der Waals surface area contributed by atoms with Gasteiger partial charge in [-0.3, -0.25) is 0 Å². The van der Waals surface area contributed by atoms with Crippen molar-refractivity contribution in [1.82, 2.24) is 9.62 Å². The van der Waals surface area contributed by atoms with Crippen LogP contribution in [0.5, 0.6) is 0 Å². The fourth-order valence-corrected chi connectivity index (χ4v) is 3.19. The summed E-state index contributed by atoms with van der Waals surface area (Å²) in [5.74, 6) is 0. The Morgan fingerprint density at radius 2 is 1.74 bits per heavy atom. The minimum absolute atomic E-state index is 0.000841. The molecule has 0 spiro atoms. The number of nitrogens with one attached hydrogen (secondary N) is 1. The number of benzene rings is 1. The first-order chi connectivity index (χ1) is 8.84. The summed E-state index contributed by atoms with van der Waals surface area (Å²) in [4.78, 5) is 0.349. The van der Waals surface area contributed by atoms with E-state index in [9.17, 15) is 8.42 Å². The molecular weight excluding hydrogens is 260 g/mol. The first kappa shape index (κ1) is 16.1. The Kier molecular flexibility index (Phi) is 5.52. The Bertz CT molecular complexity index is 497. The van der Waals surface area contributed by atoms with Gasteiger partial charge in [0.1, 0.15) is 0 Å². The second-order valence-electron chi connectivity index (χ2n) is 4.86. The summed E-state index contributed by atoms with van der Waals surface area (Å²) >= 11 is 0. The topological polar surface area (TPSA) is 49.4 Å². The molecule has 1 N–H and O–H groups in total. The van der Waals surface area contributed by atoms with Crippen LogP contribution in [0.3, 0.4) is 0 Å². The first-order valence-corrected chi connectivity index (χ1v) is 8.03. The van der Waals surface area contributed by atoms with Gasteiger partial charge >= 0.3 is 0 Å². The number of hydrogen-bond acceptors (Lipinski definition) is 3. The Hall–Kier alpha value is -0.910. The highest BCUT2D eigenvalue weighted by molar-refractivity contribution is 7.89. The zero-order valence-corrected chi connectivity index (χ0v) is 13.2. The largest absolute Gasteiger partial charge is 0.313 e. The van der Waals surface area contributed by atoms with Gasteiger partial charge in [0.05, 0.1) is 4.90 Å². The summed E-state index contributed by atoms with van der Waals surface area (Å²) in [5, 5.41) is 3.13. The van der Waals surface area contributed by atoms with E-state index >= 15 is 0 Å². The third-order valence-electron chi connectivity index (χ3n) is 3.70. The average Bonchev–Trinajstić information content (AvgIpc) is 2.44. The lowest BCUT2D eigenvalue weighted by Crippen LogP contribution is -2.34. The van der Waals surface area contributed by atoms with E-state index in [2.05, 4.69) is 5.32 Å². The molecule has 1 rings (SSSR count). The Balaban J connectivity index is 3.03. The molecule has 0 radical (unpaired) electrons. The number of hydrogen-bond donors (Lipinski definition) is 1. The average molecular weight is 284 g/mol. The van der Waals surface area contributed by atoms with E-state index in [-0.39, 0.29) is 12.1 Å². The van der Waals surface area contributed by atoms with Crippen molar-refractivity contribution in [1.29, 1.82) is 0 Å². The molecule has 108 valence electrons. The molecule has 1 aromatic rings. The first-order valence-electron chi connectivity index (χ1n) is 6.59. The van der Waals surface area contributed by atoms with Crippen molar-refractivity contribution in [2.45, 2.75) is 44.2 Å². The van der Waals surface area contributed by atoms with Crippen LogP contribution in [0.4, 0.5) is 0 Å². The second kappa shape index (κ2) is 6.50. The van der Waals surface area contributed by atoms with Gasteiger partial charge in [0.2, 0.25) is 10.0 Å². The van der Waals surface area contributed by atoms with Crippen LogP contribution < -0.4 is 5.32 Å². The second-order valence-corrected chi connectivity index (χ2v) is 6.86. The minimum atomic E-state index is -3.39. The molecule has 0 saturated carbocycles. The predicted octanol–water partition coefficient (Wildman–Crippen LogP) is 2.39. The van der Waals surface area contributed by atoms with E-state index in [0.717, 1.165) is 12.0 Å². The van der Waals surface area contributed by atoms with Gasteiger partial charge < -0.3 is 5.32 Å². The molecule has 0 bridgehead atoms. The van der Waals surface area contributed by atoms with Crippen molar-refractivity contribution >= 4 is 10.0 Å². The van der Waals surface area contributed by atoms with Crippen molar-refractivity contribution in [3.05, 3.63) is 29.8 Å². The molecule has 0 aliphatic rings. The van der Waals surface area contributed by atoms with Crippen molar-refractivity contribution < 1.29 is 8.42 Å². The predicted molar refractivity (Wildman–Crippen MR) is 78.6 cm³/mol. The molecule has 0 aliphatic heterocycles. The standard InChI is InChI=1S/C14H24N2O2S/c1-6-11(2)16(5)19(17,18)14-9-7-13(8-10-14)12(3)15-4/h7-12,15H,6H2,1-5H3. The number of sulfonamides is 1. The van der Waals surface area contributed by atoms with E-state index < -0.39 is 10.0 Å². The third-order valence-corrected chi connectivity index (χ3v) is 5.69. The summed E-state index contributed by atoms with van der Waals surface area (Å²) in [7, 11) is 0.127. The highest BCUT2D eigenvalue weighted by Crippen LogP contribution is 2.20. The lowest BCUT2D eigenvalue weighted by Gasteiger charge is -2.23. The fourth-order valence-electron chi connectivity index (χ4n) is 1.76. The van der Waals surface area contributed by atoms with Gasteiger partial charge in [0, 0.05) is 19.1 Å². The maximum atomic E-state index is 12.4. The highest BCUT2D eigenvalue weighted by atomic mass is 32.2. The zero-order valence-electron chi connectivity index (χ0n) is 12.3. The monoisotopic (exact) mass is 284 g/mol. The molecule has 0 fully saturated rings. The van der Waals surface area contributed by atoms with Crippen LogP contribution in [0.1, 0.15) is 38.8 Å². The normalized spacial score (nSPS) is 15.5. The summed E-state index contributed by atoms with van der Waals surface area (Å²) in [6, 6.07) is 7.29. The molecule has 0 aliphatic carbocycles. The zero-order chi connectivity index (χ0) is 14.6. The molecule has 4 nitrogen and oxygen atoms in total. The van der Waals surface area contributed by atoms with Crippen LogP contribution in [-0.2, 0) is 10.0 Å². The van der Waals surface area contributed by atoms with Crippen molar-refractivity contribution in [3.63, 3.8) is 0 Å². The van der Waals surface area contributed by atoms with Crippen molar-refractivity contribution in [2.24, 2.45) is 0 Å². The van der Waals surface area contributed by atoms with Gasteiger partial charge in [0.25, 0.3) is 0 Å². The molecule has 2 atom stereocenters. The third kappa shape index (κ3) is 3.55. The van der Waals surface area contributed by atoms with E-state index in [1.807, 2.05) is 40.0 Å². The van der Waals surface area contributed by atoms with E-state index in [0.29, 0.717) is 4.90 Å². The van der Waals surface area contributed by atoms with Crippen LogP contribution in [0.25, 0.3) is 0 Å². The van der Waals surface area contributed by atoms with E-state index in [1.165, 1.54) is 4.31 Å². The molecule has 0 amide bonds. The molecular formula is C14H24N2O2S.